The summed E-state index contributed by atoms with van der Waals surface area (Å²) < 4.78 is 1.51. The van der Waals surface area contributed by atoms with Crippen LogP contribution in [0.1, 0.15) is 5.56 Å². The molecule has 1 aliphatic rings. The molecule has 2 heterocycles. The smallest absolute Gasteiger partial charge is 0.351 e. The highest BCUT2D eigenvalue weighted by Gasteiger charge is 2.19. The van der Waals surface area contributed by atoms with Crippen LogP contribution in [0.4, 0.5) is 17.3 Å². The van der Waals surface area contributed by atoms with Crippen molar-refractivity contribution in [1.29, 1.82) is 0 Å². The molecule has 1 fully saturated rings. The first-order chi connectivity index (χ1) is 13.2. The van der Waals surface area contributed by atoms with Crippen molar-refractivity contribution in [3.05, 3.63) is 82.8 Å². The Labute approximate surface area is 158 Å². The van der Waals surface area contributed by atoms with Crippen molar-refractivity contribution in [1.82, 2.24) is 9.55 Å². The average Bonchev–Trinajstić information content (AvgIpc) is 2.72. The molecule has 2 N–H and O–H groups in total. The second-order valence-corrected chi connectivity index (χ2v) is 6.70. The fourth-order valence-electron chi connectivity index (χ4n) is 3.43. The Morgan fingerprint density at radius 2 is 1.44 bits per heavy atom. The van der Waals surface area contributed by atoms with E-state index in [0.29, 0.717) is 18.2 Å². The van der Waals surface area contributed by atoms with Gasteiger partial charge in [0, 0.05) is 37.9 Å². The number of nitrogens with two attached hydrogens (primary N) is 1. The number of rotatable bonds is 4. The predicted molar refractivity (Wildman–Crippen MR) is 109 cm³/mol. The maximum absolute atomic E-state index is 12.5. The number of anilines is 3. The van der Waals surface area contributed by atoms with E-state index in [1.807, 2.05) is 42.5 Å². The molecule has 3 aromatic rings. The second kappa shape index (κ2) is 7.53. The van der Waals surface area contributed by atoms with E-state index < -0.39 is 0 Å². The summed E-state index contributed by atoms with van der Waals surface area (Å²) in [6, 6.07) is 22.0. The highest BCUT2D eigenvalue weighted by molar-refractivity contribution is 5.51. The lowest BCUT2D eigenvalue weighted by atomic mass is 10.2. The van der Waals surface area contributed by atoms with Crippen molar-refractivity contribution in [2.45, 2.75) is 6.54 Å². The zero-order valence-corrected chi connectivity index (χ0v) is 15.2. The van der Waals surface area contributed by atoms with Crippen molar-refractivity contribution in [3.63, 3.8) is 0 Å². The van der Waals surface area contributed by atoms with Crippen LogP contribution in [0.25, 0.3) is 0 Å². The summed E-state index contributed by atoms with van der Waals surface area (Å²) in [5.74, 6) is 1.11. The molecule has 0 aliphatic carbocycles. The van der Waals surface area contributed by atoms with Gasteiger partial charge in [0.15, 0.2) is 0 Å². The topological polar surface area (TPSA) is 67.4 Å². The maximum atomic E-state index is 12.5. The minimum atomic E-state index is -0.306. The third-order valence-electron chi connectivity index (χ3n) is 4.94. The van der Waals surface area contributed by atoms with E-state index >= 15 is 0 Å². The zero-order valence-electron chi connectivity index (χ0n) is 15.2. The predicted octanol–water partition coefficient (Wildman–Crippen LogP) is 2.20. The molecule has 0 bridgehead atoms. The van der Waals surface area contributed by atoms with Gasteiger partial charge in [-0.1, -0.05) is 48.5 Å². The number of para-hydroxylation sites is 1. The molecular weight excluding hydrogens is 338 g/mol. The maximum Gasteiger partial charge on any atom is 0.351 e. The molecule has 138 valence electrons. The van der Waals surface area contributed by atoms with Gasteiger partial charge in [0.05, 0.1) is 6.54 Å². The first-order valence-corrected chi connectivity index (χ1v) is 9.17. The largest absolute Gasteiger partial charge is 0.385 e. The quantitative estimate of drug-likeness (QED) is 0.772. The van der Waals surface area contributed by atoms with Crippen LogP contribution in [-0.4, -0.2) is 35.7 Å². The summed E-state index contributed by atoms with van der Waals surface area (Å²) in [5.41, 5.74) is 8.12. The number of piperazine rings is 1. The van der Waals surface area contributed by atoms with Gasteiger partial charge in [0.25, 0.3) is 0 Å². The van der Waals surface area contributed by atoms with Crippen LogP contribution in [0.3, 0.4) is 0 Å². The molecule has 27 heavy (non-hydrogen) atoms. The van der Waals surface area contributed by atoms with Gasteiger partial charge < -0.3 is 15.5 Å². The summed E-state index contributed by atoms with van der Waals surface area (Å²) in [4.78, 5) is 21.3. The Morgan fingerprint density at radius 1 is 0.852 bits per heavy atom. The average molecular weight is 361 g/mol. The molecule has 4 rings (SSSR count). The first-order valence-electron chi connectivity index (χ1n) is 9.17. The molecule has 2 aromatic carbocycles. The molecule has 1 saturated heterocycles. The number of nitrogen functional groups attached to an aromatic ring is 1. The molecule has 0 saturated carbocycles. The van der Waals surface area contributed by atoms with Gasteiger partial charge in [-0.3, -0.25) is 4.57 Å². The number of hydrogen-bond acceptors (Lipinski definition) is 5. The fourth-order valence-corrected chi connectivity index (χ4v) is 3.43. The third-order valence-corrected chi connectivity index (χ3v) is 4.94. The van der Waals surface area contributed by atoms with Crippen LogP contribution in [0, 0.1) is 0 Å². The van der Waals surface area contributed by atoms with E-state index in [9.17, 15) is 4.79 Å². The Hall–Kier alpha value is -3.28. The normalized spacial score (nSPS) is 14.4. The van der Waals surface area contributed by atoms with E-state index in [2.05, 4.69) is 39.0 Å². The Morgan fingerprint density at radius 3 is 2.07 bits per heavy atom. The minimum Gasteiger partial charge on any atom is -0.385 e. The summed E-state index contributed by atoms with van der Waals surface area (Å²) in [6.07, 6.45) is 0. The Bertz CT molecular complexity index is 947. The van der Waals surface area contributed by atoms with E-state index in [1.165, 1.54) is 10.3 Å². The lowest BCUT2D eigenvalue weighted by molar-refractivity contribution is 0.640. The molecular formula is C21H23N5O. The van der Waals surface area contributed by atoms with Crippen LogP contribution < -0.4 is 21.2 Å². The number of aromatic nitrogens is 2. The lowest BCUT2D eigenvalue weighted by Gasteiger charge is -2.36. The van der Waals surface area contributed by atoms with Crippen molar-refractivity contribution in [2.75, 3.05) is 41.7 Å². The Kier molecular flexibility index (Phi) is 4.78. The van der Waals surface area contributed by atoms with Gasteiger partial charge in [-0.05, 0) is 17.7 Å². The summed E-state index contributed by atoms with van der Waals surface area (Å²) >= 11 is 0. The van der Waals surface area contributed by atoms with Gasteiger partial charge in [-0.25, -0.2) is 4.79 Å². The lowest BCUT2D eigenvalue weighted by Crippen LogP contribution is -2.47. The Balaban J connectivity index is 1.48. The summed E-state index contributed by atoms with van der Waals surface area (Å²) in [6.45, 7) is 3.82. The zero-order chi connectivity index (χ0) is 18.6. The van der Waals surface area contributed by atoms with Crippen molar-refractivity contribution < 1.29 is 0 Å². The molecule has 1 aromatic heterocycles. The molecule has 0 unspecified atom stereocenters. The van der Waals surface area contributed by atoms with Crippen LogP contribution in [0.5, 0.6) is 0 Å². The van der Waals surface area contributed by atoms with Gasteiger partial charge in [-0.2, -0.15) is 4.98 Å². The van der Waals surface area contributed by atoms with E-state index in [0.717, 1.165) is 31.7 Å². The highest BCUT2D eigenvalue weighted by atomic mass is 16.1. The van der Waals surface area contributed by atoms with E-state index in [4.69, 9.17) is 5.73 Å². The molecule has 6 nitrogen and oxygen atoms in total. The highest BCUT2D eigenvalue weighted by Crippen LogP contribution is 2.19. The molecule has 1 aliphatic heterocycles. The minimum absolute atomic E-state index is 0.306. The third kappa shape index (κ3) is 3.79. The van der Waals surface area contributed by atoms with E-state index in [-0.39, 0.29) is 5.69 Å². The van der Waals surface area contributed by atoms with Crippen molar-refractivity contribution in [3.8, 4) is 0 Å². The summed E-state index contributed by atoms with van der Waals surface area (Å²) in [7, 11) is 0. The monoisotopic (exact) mass is 361 g/mol. The van der Waals surface area contributed by atoms with Gasteiger partial charge in [0.2, 0.25) is 0 Å². The second-order valence-electron chi connectivity index (χ2n) is 6.70. The summed E-state index contributed by atoms with van der Waals surface area (Å²) in [5, 5.41) is 0. The first kappa shape index (κ1) is 17.1. The fraction of sp³-hybridized carbons (Fsp3) is 0.238. The molecule has 6 heteroatoms. The van der Waals surface area contributed by atoms with Crippen LogP contribution in [-0.2, 0) is 6.54 Å². The number of hydrogen-bond donors (Lipinski definition) is 1. The van der Waals surface area contributed by atoms with Crippen molar-refractivity contribution in [2.24, 2.45) is 0 Å². The number of nitrogens with zero attached hydrogens (tertiary/aromatic N) is 4. The SMILES string of the molecule is Nc1cc(N2CCN(c3ccccc3)CC2)nc(=O)n1Cc1ccccc1. The van der Waals surface area contributed by atoms with Crippen LogP contribution in [0.15, 0.2) is 71.5 Å². The van der Waals surface area contributed by atoms with Crippen LogP contribution in [0.2, 0.25) is 0 Å². The van der Waals surface area contributed by atoms with Crippen molar-refractivity contribution >= 4 is 17.3 Å². The molecule has 0 atom stereocenters. The van der Waals surface area contributed by atoms with Gasteiger partial charge in [0.1, 0.15) is 11.6 Å². The van der Waals surface area contributed by atoms with Crippen LogP contribution >= 0.6 is 0 Å². The van der Waals surface area contributed by atoms with E-state index in [1.54, 1.807) is 0 Å². The molecule has 0 radical (unpaired) electrons. The number of benzene rings is 2. The van der Waals surface area contributed by atoms with Gasteiger partial charge >= 0.3 is 5.69 Å². The molecule has 0 amide bonds. The van der Waals surface area contributed by atoms with Gasteiger partial charge in [-0.15, -0.1) is 0 Å². The molecule has 0 spiro atoms. The standard InChI is InChI=1S/C21H23N5O/c22-19-15-20(23-21(27)26(19)16-17-7-3-1-4-8-17)25-13-11-24(12-14-25)18-9-5-2-6-10-18/h1-10,15H,11-14,16,22H2.